The summed E-state index contributed by atoms with van der Waals surface area (Å²) in [5, 5.41) is 6.80. The number of nitrogens with zero attached hydrogens (tertiary/aromatic N) is 3. The second kappa shape index (κ2) is 7.14. The van der Waals surface area contributed by atoms with Crippen LogP contribution in [0.15, 0.2) is 48.8 Å². The average Bonchev–Trinajstić information content (AvgIpc) is 3.02. The number of benzene rings is 1. The third-order valence-electron chi connectivity index (χ3n) is 3.76. The highest BCUT2D eigenvalue weighted by Crippen LogP contribution is 2.20. The molecule has 0 aliphatic rings. The van der Waals surface area contributed by atoms with Crippen LogP contribution in [-0.4, -0.2) is 33.8 Å². The highest BCUT2D eigenvalue weighted by atomic mass is 19.1. The summed E-state index contributed by atoms with van der Waals surface area (Å²) in [6.45, 7) is 1.71. The number of carbonyl (C=O) groups is 2. The summed E-state index contributed by atoms with van der Waals surface area (Å²) in [5.74, 6) is -1.43. The molecular formula is C18H15FN4O3. The van der Waals surface area contributed by atoms with Crippen molar-refractivity contribution in [1.82, 2.24) is 14.8 Å². The molecule has 7 nitrogen and oxygen atoms in total. The summed E-state index contributed by atoms with van der Waals surface area (Å²) in [6.07, 6.45) is 2.69. The number of para-hydroxylation sites is 1. The van der Waals surface area contributed by atoms with E-state index in [-0.39, 0.29) is 16.9 Å². The summed E-state index contributed by atoms with van der Waals surface area (Å²) in [5.41, 5.74) is 1.64. The van der Waals surface area contributed by atoms with Gasteiger partial charge in [-0.25, -0.2) is 13.9 Å². The van der Waals surface area contributed by atoms with Crippen molar-refractivity contribution in [2.45, 2.75) is 6.92 Å². The Bertz CT molecular complexity index is 967. The number of nitrogens with one attached hydrogen (secondary N) is 1. The van der Waals surface area contributed by atoms with Gasteiger partial charge >= 0.3 is 5.97 Å². The summed E-state index contributed by atoms with van der Waals surface area (Å²) >= 11 is 0. The maximum atomic E-state index is 13.9. The zero-order valence-electron chi connectivity index (χ0n) is 14.1. The third kappa shape index (κ3) is 3.30. The number of carbonyl (C=O) groups excluding carboxylic acids is 2. The Labute approximate surface area is 148 Å². The number of hydrogen-bond acceptors (Lipinski definition) is 5. The lowest BCUT2D eigenvalue weighted by atomic mass is 10.2. The molecule has 2 heterocycles. The van der Waals surface area contributed by atoms with Gasteiger partial charge in [-0.2, -0.15) is 5.10 Å². The zero-order chi connectivity index (χ0) is 18.7. The number of methoxy groups -OCH3 is 1. The van der Waals surface area contributed by atoms with Gasteiger partial charge in [0.1, 0.15) is 17.2 Å². The van der Waals surface area contributed by atoms with Crippen molar-refractivity contribution >= 4 is 17.6 Å². The van der Waals surface area contributed by atoms with Gasteiger partial charge in [0.15, 0.2) is 0 Å². The molecule has 3 rings (SSSR count). The molecule has 0 aliphatic heterocycles. The van der Waals surface area contributed by atoms with Gasteiger partial charge in [-0.05, 0) is 31.2 Å². The lowest BCUT2D eigenvalue weighted by molar-refractivity contribution is 0.0600. The second-order valence-electron chi connectivity index (χ2n) is 5.38. The first-order chi connectivity index (χ1) is 12.5. The predicted molar refractivity (Wildman–Crippen MR) is 91.8 cm³/mol. The molecule has 3 aromatic rings. The van der Waals surface area contributed by atoms with E-state index >= 15 is 0 Å². The largest absolute Gasteiger partial charge is 0.465 e. The standard InChI is InChI=1S/C18H15FN4O3/c1-11-15(10-21-23(11)16-6-4-3-5-13(16)19)22-17(24)14-8-7-12(9-20-14)18(25)26-2/h3-10H,1-2H3,(H,22,24). The van der Waals surface area contributed by atoms with Crippen molar-refractivity contribution in [2.24, 2.45) is 0 Å². The minimum atomic E-state index is -0.536. The van der Waals surface area contributed by atoms with E-state index in [9.17, 15) is 14.0 Å². The molecule has 132 valence electrons. The summed E-state index contributed by atoms with van der Waals surface area (Å²) in [7, 11) is 1.26. The smallest absolute Gasteiger partial charge is 0.339 e. The fraction of sp³-hybridized carbons (Fsp3) is 0.111. The molecule has 8 heteroatoms. The molecule has 1 N–H and O–H groups in total. The first-order valence-electron chi connectivity index (χ1n) is 7.66. The Morgan fingerprint density at radius 3 is 2.58 bits per heavy atom. The summed E-state index contributed by atoms with van der Waals surface area (Å²) in [4.78, 5) is 27.7. The average molecular weight is 354 g/mol. The van der Waals surface area contributed by atoms with Crippen LogP contribution in [0.4, 0.5) is 10.1 Å². The van der Waals surface area contributed by atoms with Crippen LogP contribution < -0.4 is 5.32 Å². The number of anilines is 1. The van der Waals surface area contributed by atoms with Crippen molar-refractivity contribution in [1.29, 1.82) is 0 Å². The fourth-order valence-electron chi connectivity index (χ4n) is 2.35. The highest BCUT2D eigenvalue weighted by Gasteiger charge is 2.15. The summed E-state index contributed by atoms with van der Waals surface area (Å²) in [6, 6.07) is 9.08. The van der Waals surface area contributed by atoms with Gasteiger partial charge in [-0.1, -0.05) is 12.1 Å². The van der Waals surface area contributed by atoms with Gasteiger partial charge in [-0.3, -0.25) is 9.78 Å². The Kier molecular flexibility index (Phi) is 4.74. The maximum Gasteiger partial charge on any atom is 0.339 e. The molecule has 0 spiro atoms. The van der Waals surface area contributed by atoms with Gasteiger partial charge in [-0.15, -0.1) is 0 Å². The second-order valence-corrected chi connectivity index (χ2v) is 5.38. The molecule has 1 amide bonds. The molecule has 0 radical (unpaired) electrons. The Morgan fingerprint density at radius 1 is 1.15 bits per heavy atom. The quantitative estimate of drug-likeness (QED) is 0.728. The Hall–Kier alpha value is -3.55. The van der Waals surface area contributed by atoms with Crippen LogP contribution in [0.25, 0.3) is 5.69 Å². The molecule has 0 aliphatic carbocycles. The first-order valence-corrected chi connectivity index (χ1v) is 7.66. The third-order valence-corrected chi connectivity index (χ3v) is 3.76. The minimum Gasteiger partial charge on any atom is -0.465 e. The maximum absolute atomic E-state index is 13.9. The number of aromatic nitrogens is 3. The van der Waals surface area contributed by atoms with E-state index in [1.165, 1.54) is 42.4 Å². The van der Waals surface area contributed by atoms with E-state index in [0.717, 1.165) is 0 Å². The van der Waals surface area contributed by atoms with Crippen LogP contribution in [0, 0.1) is 12.7 Å². The predicted octanol–water partition coefficient (Wildman–Crippen LogP) is 2.75. The number of esters is 1. The van der Waals surface area contributed by atoms with Crippen LogP contribution in [0.1, 0.15) is 26.5 Å². The zero-order valence-corrected chi connectivity index (χ0v) is 14.1. The lowest BCUT2D eigenvalue weighted by Crippen LogP contribution is -2.15. The van der Waals surface area contributed by atoms with Gasteiger partial charge < -0.3 is 10.1 Å². The van der Waals surface area contributed by atoms with E-state index in [4.69, 9.17) is 0 Å². The first kappa shape index (κ1) is 17.3. The number of halogens is 1. The number of amides is 1. The SMILES string of the molecule is COC(=O)c1ccc(C(=O)Nc2cnn(-c3ccccc3F)c2C)nc1. The van der Waals surface area contributed by atoms with Crippen LogP contribution in [0.2, 0.25) is 0 Å². The van der Waals surface area contributed by atoms with Crippen molar-refractivity contribution in [3.63, 3.8) is 0 Å². The number of ether oxygens (including phenoxy) is 1. The Balaban J connectivity index is 1.80. The van der Waals surface area contributed by atoms with Gasteiger partial charge in [0, 0.05) is 6.20 Å². The van der Waals surface area contributed by atoms with Gasteiger partial charge in [0.2, 0.25) is 0 Å². The molecule has 1 aromatic carbocycles. The molecular weight excluding hydrogens is 339 g/mol. The van der Waals surface area contributed by atoms with Crippen LogP contribution >= 0.6 is 0 Å². The molecule has 26 heavy (non-hydrogen) atoms. The van der Waals surface area contributed by atoms with E-state index < -0.39 is 17.7 Å². The van der Waals surface area contributed by atoms with Crippen molar-refractivity contribution in [3.05, 3.63) is 71.6 Å². The monoisotopic (exact) mass is 354 g/mol. The normalized spacial score (nSPS) is 10.4. The van der Waals surface area contributed by atoms with Crippen molar-refractivity contribution < 1.29 is 18.7 Å². The lowest BCUT2D eigenvalue weighted by Gasteiger charge is -2.07. The minimum absolute atomic E-state index is 0.121. The highest BCUT2D eigenvalue weighted by molar-refractivity contribution is 6.03. The number of rotatable bonds is 4. The van der Waals surface area contributed by atoms with Crippen LogP contribution in [0.3, 0.4) is 0 Å². The van der Waals surface area contributed by atoms with Gasteiger partial charge in [0.05, 0.1) is 30.3 Å². The molecule has 0 fully saturated rings. The summed E-state index contributed by atoms with van der Waals surface area (Å²) < 4.78 is 19.9. The topological polar surface area (TPSA) is 86.1 Å². The molecule has 0 saturated heterocycles. The fourth-order valence-corrected chi connectivity index (χ4v) is 2.35. The molecule has 0 saturated carbocycles. The van der Waals surface area contributed by atoms with E-state index in [1.54, 1.807) is 25.1 Å². The van der Waals surface area contributed by atoms with Crippen molar-refractivity contribution in [3.8, 4) is 5.69 Å². The van der Waals surface area contributed by atoms with E-state index in [1.807, 2.05) is 0 Å². The van der Waals surface area contributed by atoms with Crippen molar-refractivity contribution in [2.75, 3.05) is 12.4 Å². The van der Waals surface area contributed by atoms with Crippen LogP contribution in [-0.2, 0) is 4.74 Å². The van der Waals surface area contributed by atoms with E-state index in [0.29, 0.717) is 11.4 Å². The molecule has 0 atom stereocenters. The van der Waals surface area contributed by atoms with E-state index in [2.05, 4.69) is 20.1 Å². The van der Waals surface area contributed by atoms with Gasteiger partial charge in [0.25, 0.3) is 5.91 Å². The molecule has 0 bridgehead atoms. The molecule has 0 unspecified atom stereocenters. The number of pyridine rings is 1. The molecule has 2 aromatic heterocycles. The van der Waals surface area contributed by atoms with Crippen LogP contribution in [0.5, 0.6) is 0 Å². The number of hydrogen-bond donors (Lipinski definition) is 1. The Morgan fingerprint density at radius 2 is 1.92 bits per heavy atom.